The van der Waals surface area contributed by atoms with Crippen molar-refractivity contribution in [2.45, 2.75) is 6.42 Å². The first kappa shape index (κ1) is 11.7. The number of rotatable bonds is 4. The molecular weight excluding hydrogens is 317 g/mol. The van der Waals surface area contributed by atoms with Crippen molar-refractivity contribution in [3.05, 3.63) is 33.9 Å². The molecule has 0 aliphatic rings. The van der Waals surface area contributed by atoms with Crippen LogP contribution in [-0.2, 0) is 11.2 Å². The molecule has 7 heteroatoms. The summed E-state index contributed by atoms with van der Waals surface area (Å²) in [5.41, 5.74) is 0.134. The largest absolute Gasteiger partial charge is 0.481 e. The number of carboxylic acids is 1. The maximum Gasteiger partial charge on any atom is 0.307 e. The van der Waals surface area contributed by atoms with E-state index in [1.54, 1.807) is 23.0 Å². The van der Waals surface area contributed by atoms with Gasteiger partial charge in [-0.2, -0.15) is 0 Å². The van der Waals surface area contributed by atoms with E-state index in [4.69, 9.17) is 8.17 Å². The van der Waals surface area contributed by atoms with Gasteiger partial charge in [0.05, 0.1) is 11.3 Å². The Kier molecular flexibility index (Phi) is 3.83. The van der Waals surface area contributed by atoms with Crippen LogP contribution in [0.2, 0.25) is 0 Å². The van der Waals surface area contributed by atoms with Gasteiger partial charge >= 0.3 is 5.97 Å². The molecule has 0 saturated carbocycles. The lowest BCUT2D eigenvalue weighted by atomic mass is 10.1. The molecule has 80 valence electrons. The van der Waals surface area contributed by atoms with Gasteiger partial charge in [-0.3, -0.25) is 14.9 Å². The van der Waals surface area contributed by atoms with Gasteiger partial charge < -0.3 is 8.17 Å². The minimum atomic E-state index is -1.06. The second-order valence-electron chi connectivity index (χ2n) is 2.70. The van der Waals surface area contributed by atoms with Crippen LogP contribution in [-0.4, -0.2) is 16.0 Å². The fraction of sp³-hybridized carbons (Fsp3) is 0.125. The number of nitro benzene ring substituents is 1. The van der Waals surface area contributed by atoms with Gasteiger partial charge in [-0.1, -0.05) is 0 Å². The average Bonchev–Trinajstić information content (AvgIpc) is 2.16. The zero-order chi connectivity index (χ0) is 11.4. The van der Waals surface area contributed by atoms with E-state index in [1.807, 2.05) is 0 Å². The van der Waals surface area contributed by atoms with E-state index in [0.717, 1.165) is 0 Å². The quantitative estimate of drug-likeness (QED) is 0.520. The normalized spacial score (nSPS) is 9.67. The van der Waals surface area contributed by atoms with Crippen molar-refractivity contribution in [2.75, 3.05) is 0 Å². The highest BCUT2D eigenvalue weighted by Gasteiger charge is 2.13. The number of aliphatic carboxylic acids is 1. The van der Waals surface area contributed by atoms with Gasteiger partial charge in [0.25, 0.3) is 5.69 Å². The van der Waals surface area contributed by atoms with Crippen LogP contribution in [0.5, 0.6) is 5.75 Å². The Morgan fingerprint density at radius 3 is 2.73 bits per heavy atom. The Labute approximate surface area is 98.7 Å². The molecule has 1 aromatic rings. The van der Waals surface area contributed by atoms with Crippen molar-refractivity contribution in [3.8, 4) is 5.75 Å². The summed E-state index contributed by atoms with van der Waals surface area (Å²) in [4.78, 5) is 20.4. The van der Waals surface area contributed by atoms with E-state index in [-0.39, 0.29) is 17.7 Å². The average molecular weight is 323 g/mol. The van der Waals surface area contributed by atoms with Crippen LogP contribution in [0, 0.1) is 10.1 Å². The summed E-state index contributed by atoms with van der Waals surface area (Å²) in [6.45, 7) is 0. The van der Waals surface area contributed by atoms with E-state index in [2.05, 4.69) is 0 Å². The van der Waals surface area contributed by atoms with Crippen LogP contribution >= 0.6 is 23.0 Å². The highest BCUT2D eigenvalue weighted by Crippen LogP contribution is 2.25. The third kappa shape index (κ3) is 3.05. The fourth-order valence-corrected chi connectivity index (χ4v) is 1.49. The lowest BCUT2D eigenvalue weighted by Gasteiger charge is -2.03. The molecule has 1 aromatic carbocycles. The number of nitro groups is 1. The van der Waals surface area contributed by atoms with Crippen molar-refractivity contribution >= 4 is 34.7 Å². The predicted molar refractivity (Wildman–Crippen MR) is 59.1 cm³/mol. The Hall–Kier alpha value is -1.38. The van der Waals surface area contributed by atoms with Gasteiger partial charge in [-0.25, -0.2) is 0 Å². The summed E-state index contributed by atoms with van der Waals surface area (Å²) in [5.74, 6) is -0.742. The molecule has 0 spiro atoms. The maximum atomic E-state index is 10.5. The molecule has 0 fully saturated rings. The number of non-ortho nitro benzene ring substituents is 1. The molecule has 0 unspecified atom stereocenters. The molecule has 15 heavy (non-hydrogen) atoms. The summed E-state index contributed by atoms with van der Waals surface area (Å²) in [7, 11) is 0. The summed E-state index contributed by atoms with van der Waals surface area (Å²) in [5, 5.41) is 19.0. The smallest absolute Gasteiger partial charge is 0.307 e. The van der Waals surface area contributed by atoms with Gasteiger partial charge in [0.1, 0.15) is 5.75 Å². The third-order valence-electron chi connectivity index (χ3n) is 1.68. The third-order valence-corrected chi connectivity index (χ3v) is 2.15. The lowest BCUT2D eigenvalue weighted by molar-refractivity contribution is -0.384. The first-order chi connectivity index (χ1) is 7.04. The minimum absolute atomic E-state index is 0.150. The topological polar surface area (TPSA) is 89.7 Å². The number of carbonyl (C=O) groups is 1. The van der Waals surface area contributed by atoms with Crippen molar-refractivity contribution < 1.29 is 17.9 Å². The number of hydrogen-bond donors (Lipinski definition) is 1. The molecule has 0 heterocycles. The molecule has 1 N–H and O–H groups in total. The maximum absolute atomic E-state index is 10.5. The van der Waals surface area contributed by atoms with Gasteiger partial charge in [-0.15, -0.1) is 0 Å². The van der Waals surface area contributed by atoms with Gasteiger partial charge in [0.15, 0.2) is 23.0 Å². The number of carboxylic acid groups (broad SMARTS) is 1. The van der Waals surface area contributed by atoms with E-state index >= 15 is 0 Å². The van der Waals surface area contributed by atoms with Crippen molar-refractivity contribution in [3.63, 3.8) is 0 Å². The number of hydrogen-bond acceptors (Lipinski definition) is 4. The summed E-state index contributed by atoms with van der Waals surface area (Å²) >= 11 is 1.59. The van der Waals surface area contributed by atoms with Crippen LogP contribution in [0.15, 0.2) is 18.2 Å². The van der Waals surface area contributed by atoms with Crippen LogP contribution in [0.1, 0.15) is 5.56 Å². The van der Waals surface area contributed by atoms with Crippen molar-refractivity contribution in [1.29, 1.82) is 0 Å². The van der Waals surface area contributed by atoms with Gasteiger partial charge in [0.2, 0.25) is 0 Å². The van der Waals surface area contributed by atoms with Crippen molar-refractivity contribution in [1.82, 2.24) is 0 Å². The first-order valence-electron chi connectivity index (χ1n) is 3.82. The molecule has 0 aromatic heterocycles. The SMILES string of the molecule is O=C(O)Cc1cc([N+](=O)[O-])ccc1OI. The van der Waals surface area contributed by atoms with Gasteiger partial charge in [0, 0.05) is 17.7 Å². The van der Waals surface area contributed by atoms with E-state index in [0.29, 0.717) is 5.75 Å². The van der Waals surface area contributed by atoms with Crippen LogP contribution < -0.4 is 3.07 Å². The monoisotopic (exact) mass is 323 g/mol. The Bertz CT molecular complexity index is 406. The molecule has 1 rings (SSSR count). The standard InChI is InChI=1S/C8H6INO5/c9-15-7-2-1-6(10(13)14)3-5(7)4-8(11)12/h1-3H,4H2,(H,11,12). The second kappa shape index (κ2) is 4.91. The summed E-state index contributed by atoms with van der Waals surface area (Å²) in [6.07, 6.45) is -0.306. The highest BCUT2D eigenvalue weighted by molar-refractivity contribution is 14.1. The number of halogens is 1. The van der Waals surface area contributed by atoms with Crippen molar-refractivity contribution in [2.24, 2.45) is 0 Å². The second-order valence-corrected chi connectivity index (χ2v) is 3.14. The van der Waals surface area contributed by atoms with E-state index in [9.17, 15) is 14.9 Å². The van der Waals surface area contributed by atoms with Crippen LogP contribution in [0.25, 0.3) is 0 Å². The Balaban J connectivity index is 3.12. The minimum Gasteiger partial charge on any atom is -0.481 e. The van der Waals surface area contributed by atoms with Gasteiger partial charge in [-0.05, 0) is 6.07 Å². The van der Waals surface area contributed by atoms with E-state index in [1.165, 1.54) is 18.2 Å². The summed E-state index contributed by atoms with van der Waals surface area (Å²) < 4.78 is 4.87. The molecule has 0 bridgehead atoms. The molecule has 0 aliphatic carbocycles. The first-order valence-corrected chi connectivity index (χ1v) is 4.70. The Morgan fingerprint density at radius 1 is 1.60 bits per heavy atom. The molecule has 6 nitrogen and oxygen atoms in total. The number of nitrogens with zero attached hydrogens (tertiary/aromatic N) is 1. The Morgan fingerprint density at radius 2 is 2.27 bits per heavy atom. The molecule has 0 aliphatic heterocycles. The van der Waals surface area contributed by atoms with E-state index < -0.39 is 10.9 Å². The fourth-order valence-electron chi connectivity index (χ4n) is 1.06. The molecule has 0 saturated heterocycles. The zero-order valence-corrected chi connectivity index (χ0v) is 9.50. The molecule has 0 atom stereocenters. The molecule has 0 amide bonds. The number of benzene rings is 1. The lowest BCUT2D eigenvalue weighted by Crippen LogP contribution is -2.02. The molecular formula is C8H6INO5. The highest BCUT2D eigenvalue weighted by atomic mass is 127. The molecule has 0 radical (unpaired) electrons. The van der Waals surface area contributed by atoms with Crippen LogP contribution in [0.4, 0.5) is 5.69 Å². The zero-order valence-electron chi connectivity index (χ0n) is 7.34. The predicted octanol–water partition coefficient (Wildman–Crippen LogP) is 1.95. The van der Waals surface area contributed by atoms with Crippen LogP contribution in [0.3, 0.4) is 0 Å². The summed E-state index contributed by atoms with van der Waals surface area (Å²) in [6, 6.07) is 3.84.